The van der Waals surface area contributed by atoms with E-state index in [9.17, 15) is 0 Å². The molecule has 4 heteroatoms. The number of nitrogens with one attached hydrogen (secondary N) is 1. The predicted octanol–water partition coefficient (Wildman–Crippen LogP) is 3.73. The third kappa shape index (κ3) is 3.55. The molecule has 0 aliphatic rings. The van der Waals surface area contributed by atoms with Crippen molar-refractivity contribution in [3.63, 3.8) is 0 Å². The zero-order valence-electron chi connectivity index (χ0n) is 10.4. The van der Waals surface area contributed by atoms with Gasteiger partial charge in [0.25, 0.3) is 0 Å². The van der Waals surface area contributed by atoms with Crippen LogP contribution in [0.2, 0.25) is 5.02 Å². The summed E-state index contributed by atoms with van der Waals surface area (Å²) in [7, 11) is 0. The first-order valence-corrected chi connectivity index (χ1v) is 7.45. The van der Waals surface area contributed by atoms with Crippen LogP contribution in [0.25, 0.3) is 0 Å². The molecule has 0 aliphatic carbocycles. The lowest BCUT2D eigenvalue weighted by Crippen LogP contribution is -2.23. The fraction of sp³-hybridized carbons (Fsp3) is 0.357. The van der Waals surface area contributed by atoms with E-state index in [1.54, 1.807) is 11.3 Å². The summed E-state index contributed by atoms with van der Waals surface area (Å²) in [5.74, 6) is 0.376. The smallest absolute Gasteiger partial charge is 0.0794 e. The molecule has 1 N–H and O–H groups in total. The van der Waals surface area contributed by atoms with Gasteiger partial charge in [0, 0.05) is 22.9 Å². The van der Waals surface area contributed by atoms with E-state index in [4.69, 9.17) is 11.6 Å². The molecule has 1 aromatic heterocycles. The van der Waals surface area contributed by atoms with Crippen LogP contribution in [0.3, 0.4) is 0 Å². The summed E-state index contributed by atoms with van der Waals surface area (Å²) in [4.78, 5) is 4.37. The molecule has 0 spiro atoms. The third-order valence-corrected chi connectivity index (χ3v) is 3.90. The first kappa shape index (κ1) is 13.5. The van der Waals surface area contributed by atoms with Crippen LogP contribution in [-0.4, -0.2) is 18.1 Å². The van der Waals surface area contributed by atoms with Gasteiger partial charge >= 0.3 is 0 Å². The highest BCUT2D eigenvalue weighted by Gasteiger charge is 2.15. The van der Waals surface area contributed by atoms with Gasteiger partial charge < -0.3 is 5.32 Å². The van der Waals surface area contributed by atoms with E-state index < -0.39 is 0 Å². The Labute approximate surface area is 117 Å². The zero-order valence-corrected chi connectivity index (χ0v) is 12.0. The summed E-state index contributed by atoms with van der Waals surface area (Å²) in [6.45, 7) is 4.02. The van der Waals surface area contributed by atoms with Crippen LogP contribution in [0.5, 0.6) is 0 Å². The van der Waals surface area contributed by atoms with E-state index in [1.165, 1.54) is 5.56 Å². The molecule has 0 amide bonds. The molecule has 0 bridgehead atoms. The average Bonchev–Trinajstić information content (AvgIpc) is 2.88. The highest BCUT2D eigenvalue weighted by Crippen LogP contribution is 2.27. The lowest BCUT2D eigenvalue weighted by atomic mass is 9.94. The van der Waals surface area contributed by atoms with Crippen LogP contribution in [0.15, 0.2) is 35.2 Å². The largest absolute Gasteiger partial charge is 0.316 e. The number of likely N-dealkylation sites (N-methyl/N-ethyl adjacent to an activating group) is 1. The second kappa shape index (κ2) is 6.88. The lowest BCUT2D eigenvalue weighted by molar-refractivity contribution is 0.590. The van der Waals surface area contributed by atoms with Crippen molar-refractivity contribution in [2.45, 2.75) is 19.3 Å². The van der Waals surface area contributed by atoms with Crippen LogP contribution in [0.1, 0.15) is 24.1 Å². The molecule has 18 heavy (non-hydrogen) atoms. The standard InChI is InChI=1S/C14H17ClN2S/c1-2-16-8-11(7-12-9-18-10-17-12)13-5-3-4-6-14(13)15/h3-6,9-11,16H,2,7-8H2,1H3. The van der Waals surface area contributed by atoms with E-state index in [1.807, 2.05) is 23.7 Å². The van der Waals surface area contributed by atoms with Crippen molar-refractivity contribution >= 4 is 22.9 Å². The van der Waals surface area contributed by atoms with Gasteiger partial charge in [0.15, 0.2) is 0 Å². The van der Waals surface area contributed by atoms with Gasteiger partial charge in [-0.1, -0.05) is 36.7 Å². The van der Waals surface area contributed by atoms with Crippen LogP contribution >= 0.6 is 22.9 Å². The number of benzene rings is 1. The van der Waals surface area contributed by atoms with Crippen LogP contribution in [-0.2, 0) is 6.42 Å². The molecule has 0 aliphatic heterocycles. The number of halogens is 1. The third-order valence-electron chi connectivity index (χ3n) is 2.92. The Bertz CT molecular complexity index is 470. The summed E-state index contributed by atoms with van der Waals surface area (Å²) in [6.07, 6.45) is 0.931. The number of hydrogen-bond donors (Lipinski definition) is 1. The Morgan fingerprint density at radius 3 is 2.89 bits per heavy atom. The van der Waals surface area contributed by atoms with E-state index >= 15 is 0 Å². The molecule has 0 fully saturated rings. The van der Waals surface area contributed by atoms with Crippen molar-refractivity contribution in [2.24, 2.45) is 0 Å². The molecule has 1 atom stereocenters. The molecule has 0 saturated heterocycles. The minimum absolute atomic E-state index is 0.376. The van der Waals surface area contributed by atoms with Crippen LogP contribution in [0, 0.1) is 0 Å². The first-order chi connectivity index (χ1) is 8.81. The Morgan fingerprint density at radius 2 is 2.22 bits per heavy atom. The van der Waals surface area contributed by atoms with Gasteiger partial charge in [-0.3, -0.25) is 0 Å². The topological polar surface area (TPSA) is 24.9 Å². The van der Waals surface area contributed by atoms with Crippen molar-refractivity contribution in [3.05, 3.63) is 51.4 Å². The van der Waals surface area contributed by atoms with E-state index in [0.29, 0.717) is 5.92 Å². The van der Waals surface area contributed by atoms with Gasteiger partial charge in [-0.15, -0.1) is 11.3 Å². The predicted molar refractivity (Wildman–Crippen MR) is 78.6 cm³/mol. The van der Waals surface area contributed by atoms with Crippen molar-refractivity contribution in [1.82, 2.24) is 10.3 Å². The summed E-state index contributed by atoms with van der Waals surface area (Å²) in [5, 5.41) is 6.35. The number of hydrogen-bond acceptors (Lipinski definition) is 3. The minimum atomic E-state index is 0.376. The molecule has 96 valence electrons. The monoisotopic (exact) mass is 280 g/mol. The first-order valence-electron chi connectivity index (χ1n) is 6.13. The Hall–Kier alpha value is -0.900. The summed E-state index contributed by atoms with van der Waals surface area (Å²) >= 11 is 7.93. The van der Waals surface area contributed by atoms with Crippen molar-refractivity contribution in [1.29, 1.82) is 0 Å². The zero-order chi connectivity index (χ0) is 12.8. The van der Waals surface area contributed by atoms with Crippen LogP contribution < -0.4 is 5.32 Å². The van der Waals surface area contributed by atoms with Crippen molar-refractivity contribution in [3.8, 4) is 0 Å². The van der Waals surface area contributed by atoms with Gasteiger partial charge in [-0.05, 0) is 24.6 Å². The van der Waals surface area contributed by atoms with Crippen LogP contribution in [0.4, 0.5) is 0 Å². The fourth-order valence-electron chi connectivity index (χ4n) is 2.01. The fourth-order valence-corrected chi connectivity index (χ4v) is 2.87. The van der Waals surface area contributed by atoms with E-state index in [-0.39, 0.29) is 0 Å². The molecular weight excluding hydrogens is 264 g/mol. The molecule has 1 aromatic carbocycles. The summed E-state index contributed by atoms with van der Waals surface area (Å²) in [6, 6.07) is 8.08. The Balaban J connectivity index is 2.16. The highest BCUT2D eigenvalue weighted by atomic mass is 35.5. The van der Waals surface area contributed by atoms with Gasteiger partial charge in [0.05, 0.1) is 11.2 Å². The second-order valence-corrected chi connectivity index (χ2v) is 5.34. The Kier molecular flexibility index (Phi) is 5.17. The van der Waals surface area contributed by atoms with Gasteiger partial charge in [0.1, 0.15) is 0 Å². The highest BCUT2D eigenvalue weighted by molar-refractivity contribution is 7.07. The minimum Gasteiger partial charge on any atom is -0.316 e. The number of nitrogens with zero attached hydrogens (tertiary/aromatic N) is 1. The molecule has 1 heterocycles. The Morgan fingerprint density at radius 1 is 1.39 bits per heavy atom. The van der Waals surface area contributed by atoms with Crippen molar-refractivity contribution < 1.29 is 0 Å². The maximum atomic E-state index is 6.29. The van der Waals surface area contributed by atoms with E-state index in [0.717, 1.165) is 30.2 Å². The lowest BCUT2D eigenvalue weighted by Gasteiger charge is -2.18. The molecule has 1 unspecified atom stereocenters. The molecular formula is C14H17ClN2S. The molecule has 0 saturated carbocycles. The van der Waals surface area contributed by atoms with Crippen molar-refractivity contribution in [2.75, 3.05) is 13.1 Å². The van der Waals surface area contributed by atoms with E-state index in [2.05, 4.69) is 28.7 Å². The molecule has 2 rings (SSSR count). The number of thiazole rings is 1. The maximum absolute atomic E-state index is 6.29. The SMILES string of the molecule is CCNCC(Cc1cscn1)c1ccccc1Cl. The second-order valence-electron chi connectivity index (χ2n) is 4.21. The van der Waals surface area contributed by atoms with Gasteiger partial charge in [0.2, 0.25) is 0 Å². The molecule has 2 nitrogen and oxygen atoms in total. The van der Waals surface area contributed by atoms with Gasteiger partial charge in [-0.2, -0.15) is 0 Å². The average molecular weight is 281 g/mol. The normalized spacial score (nSPS) is 12.6. The summed E-state index contributed by atoms with van der Waals surface area (Å²) < 4.78 is 0. The maximum Gasteiger partial charge on any atom is 0.0794 e. The number of rotatable bonds is 6. The number of aromatic nitrogens is 1. The molecule has 0 radical (unpaired) electrons. The van der Waals surface area contributed by atoms with Gasteiger partial charge in [-0.25, -0.2) is 4.98 Å². The molecule has 2 aromatic rings. The quantitative estimate of drug-likeness (QED) is 0.872. The summed E-state index contributed by atoms with van der Waals surface area (Å²) in [5.41, 5.74) is 4.22.